The van der Waals surface area contributed by atoms with Crippen molar-refractivity contribution in [3.8, 4) is 0 Å². The molecule has 3 aliphatic heterocycles. The number of carbonyl (C=O) groups is 3. The van der Waals surface area contributed by atoms with E-state index in [9.17, 15) is 24.6 Å². The number of aliphatic carboxylic acids is 1. The summed E-state index contributed by atoms with van der Waals surface area (Å²) in [5.41, 5.74) is -1.01. The number of likely N-dealkylation sites (tertiary alicyclic amines) is 1. The molecule has 3 unspecified atom stereocenters. The fourth-order valence-electron chi connectivity index (χ4n) is 7.08. The van der Waals surface area contributed by atoms with Crippen LogP contribution in [0.2, 0.25) is 5.02 Å². The number of nitrogens with zero attached hydrogens (tertiary/aromatic N) is 2. The molecule has 3 fully saturated rings. The second kappa shape index (κ2) is 10.1. The fourth-order valence-corrected chi connectivity index (χ4v) is 7.21. The van der Waals surface area contributed by atoms with E-state index in [1.54, 1.807) is 37.3 Å². The molecule has 5 rings (SSSR count). The summed E-state index contributed by atoms with van der Waals surface area (Å²) in [5.74, 6) is -4.38. The number of ether oxygens (including phenoxy) is 1. The Bertz CT molecular complexity index is 1290. The number of aliphatic hydroxyl groups excluding tert-OH is 1. The monoisotopic (exact) mass is 552 g/mol. The number of carboxylic acid groups (broad SMARTS) is 1. The van der Waals surface area contributed by atoms with Crippen molar-refractivity contribution < 1.29 is 29.3 Å². The third kappa shape index (κ3) is 4.17. The Hall–Kier alpha value is -3.20. The summed E-state index contributed by atoms with van der Waals surface area (Å²) in [6.07, 6.45) is 2.23. The Morgan fingerprint density at radius 2 is 1.90 bits per heavy atom. The summed E-state index contributed by atoms with van der Waals surface area (Å²) in [4.78, 5) is 44.4. The zero-order valence-electron chi connectivity index (χ0n) is 22.0. The number of carbonyl (C=O) groups excluding carboxylic acids is 2. The van der Waals surface area contributed by atoms with Gasteiger partial charge in [0, 0.05) is 17.3 Å². The van der Waals surface area contributed by atoms with Gasteiger partial charge in [0.2, 0.25) is 5.91 Å². The van der Waals surface area contributed by atoms with E-state index in [0.29, 0.717) is 23.6 Å². The number of anilines is 1. The predicted octanol–water partition coefficient (Wildman–Crippen LogP) is 3.56. The molecule has 3 aliphatic rings. The first-order chi connectivity index (χ1) is 18.6. The maximum Gasteiger partial charge on any atom is 0.310 e. The van der Waals surface area contributed by atoms with Gasteiger partial charge in [0.1, 0.15) is 17.6 Å². The minimum atomic E-state index is -1.35. The Morgan fingerprint density at radius 1 is 1.23 bits per heavy atom. The summed E-state index contributed by atoms with van der Waals surface area (Å²) in [6, 6.07) is 14.3. The van der Waals surface area contributed by atoms with Gasteiger partial charge in [0.15, 0.2) is 0 Å². The Morgan fingerprint density at radius 3 is 2.49 bits per heavy atom. The second-order valence-electron chi connectivity index (χ2n) is 11.0. The number of hydrogen-bond donors (Lipinski definition) is 2. The number of benzene rings is 2. The van der Waals surface area contributed by atoms with Crippen LogP contribution in [0.5, 0.6) is 0 Å². The molecule has 2 amide bonds. The molecule has 0 radical (unpaired) electrons. The Balaban J connectivity index is 1.65. The minimum Gasteiger partial charge on any atom is -0.481 e. The van der Waals surface area contributed by atoms with Crippen LogP contribution in [0.4, 0.5) is 5.69 Å². The molecule has 0 saturated carbocycles. The van der Waals surface area contributed by atoms with Crippen LogP contribution in [0.3, 0.4) is 0 Å². The highest BCUT2D eigenvalue weighted by Gasteiger charge is 2.80. The van der Waals surface area contributed by atoms with Gasteiger partial charge in [-0.05, 0) is 55.5 Å². The van der Waals surface area contributed by atoms with E-state index in [4.69, 9.17) is 16.3 Å². The van der Waals surface area contributed by atoms with Crippen molar-refractivity contribution >= 4 is 35.1 Å². The van der Waals surface area contributed by atoms with Crippen LogP contribution >= 0.6 is 11.6 Å². The maximum atomic E-state index is 14.6. The van der Waals surface area contributed by atoms with Gasteiger partial charge in [0.25, 0.3) is 5.91 Å². The quantitative estimate of drug-likeness (QED) is 0.461. The number of amides is 2. The van der Waals surface area contributed by atoms with E-state index in [-0.39, 0.29) is 12.5 Å². The zero-order valence-corrected chi connectivity index (χ0v) is 22.8. The first-order valence-corrected chi connectivity index (χ1v) is 13.5. The Kier molecular flexibility index (Phi) is 7.07. The summed E-state index contributed by atoms with van der Waals surface area (Å²) in [6.45, 7) is 7.20. The van der Waals surface area contributed by atoms with Crippen LogP contribution in [0, 0.1) is 17.8 Å². The lowest BCUT2D eigenvalue weighted by Crippen LogP contribution is -2.59. The molecule has 3 heterocycles. The standard InChI is InChI=1S/C30H33ClN2O6/c1-4-14-32(21-12-10-20(31)11-13-21)27(36)25-30-16-18(2)29(3,39-30)24(28(37)38)23(30)26(35)33(25)22(17-34)15-19-8-6-5-7-9-19/h4-13,18,22-25,34H,1,14-17H2,2-3H3,(H,37,38)/t18?,22-,23+,24+,25?,29-,30?/m1/s1. The topological polar surface area (TPSA) is 107 Å². The van der Waals surface area contributed by atoms with Gasteiger partial charge in [-0.15, -0.1) is 6.58 Å². The van der Waals surface area contributed by atoms with Gasteiger partial charge in [-0.25, -0.2) is 0 Å². The van der Waals surface area contributed by atoms with E-state index in [2.05, 4.69) is 6.58 Å². The van der Waals surface area contributed by atoms with Gasteiger partial charge < -0.3 is 24.7 Å². The van der Waals surface area contributed by atoms with Crippen LogP contribution in [0.15, 0.2) is 67.3 Å². The molecule has 0 aromatic heterocycles. The molecular weight excluding hydrogens is 520 g/mol. The number of hydrogen-bond acceptors (Lipinski definition) is 5. The molecule has 1 spiro atoms. The van der Waals surface area contributed by atoms with Crippen LogP contribution in [0.25, 0.3) is 0 Å². The lowest BCUT2D eigenvalue weighted by atomic mass is 9.62. The van der Waals surface area contributed by atoms with Gasteiger partial charge >= 0.3 is 5.97 Å². The van der Waals surface area contributed by atoms with Crippen molar-refractivity contribution in [2.45, 2.75) is 50.0 Å². The van der Waals surface area contributed by atoms with Gasteiger partial charge in [-0.3, -0.25) is 14.4 Å². The largest absolute Gasteiger partial charge is 0.481 e. The molecule has 206 valence electrons. The van der Waals surface area contributed by atoms with Crippen molar-refractivity contribution in [2.24, 2.45) is 17.8 Å². The number of rotatable bonds is 9. The van der Waals surface area contributed by atoms with Gasteiger partial charge in [0.05, 0.1) is 24.2 Å². The van der Waals surface area contributed by atoms with E-state index in [0.717, 1.165) is 5.56 Å². The second-order valence-corrected chi connectivity index (χ2v) is 11.5. The SMILES string of the molecule is C=CCN(C(=O)C1N([C@@H](CO)Cc2ccccc2)C(=O)[C@@H]2[C@@H](C(=O)O)[C@]3(C)OC12CC3C)c1ccc(Cl)cc1. The number of halogens is 1. The molecule has 2 bridgehead atoms. The Labute approximate surface area is 232 Å². The summed E-state index contributed by atoms with van der Waals surface area (Å²) in [5, 5.41) is 21.4. The van der Waals surface area contributed by atoms with Crippen molar-refractivity contribution in [1.29, 1.82) is 0 Å². The molecule has 2 aromatic rings. The molecule has 0 aliphatic carbocycles. The van der Waals surface area contributed by atoms with Crippen LogP contribution < -0.4 is 4.90 Å². The minimum absolute atomic E-state index is 0.150. The highest BCUT2D eigenvalue weighted by molar-refractivity contribution is 6.30. The smallest absolute Gasteiger partial charge is 0.310 e. The zero-order chi connectivity index (χ0) is 28.1. The molecule has 3 saturated heterocycles. The summed E-state index contributed by atoms with van der Waals surface area (Å²) in [7, 11) is 0. The average molecular weight is 553 g/mol. The van der Waals surface area contributed by atoms with E-state index in [1.165, 1.54) is 9.80 Å². The normalized spacial score (nSPS) is 31.7. The average Bonchev–Trinajstić information content (AvgIpc) is 3.43. The third-order valence-electron chi connectivity index (χ3n) is 8.89. The molecule has 2 N–H and O–H groups in total. The molecule has 2 aromatic carbocycles. The lowest BCUT2D eigenvalue weighted by molar-refractivity contribution is -0.157. The van der Waals surface area contributed by atoms with Crippen molar-refractivity contribution in [2.75, 3.05) is 18.1 Å². The van der Waals surface area contributed by atoms with Crippen molar-refractivity contribution in [1.82, 2.24) is 4.90 Å². The number of carboxylic acids is 1. The molecule has 7 atom stereocenters. The van der Waals surface area contributed by atoms with Gasteiger partial charge in [-0.2, -0.15) is 0 Å². The first kappa shape index (κ1) is 27.4. The maximum absolute atomic E-state index is 14.6. The predicted molar refractivity (Wildman–Crippen MR) is 146 cm³/mol. The first-order valence-electron chi connectivity index (χ1n) is 13.2. The van der Waals surface area contributed by atoms with E-state index >= 15 is 0 Å². The van der Waals surface area contributed by atoms with E-state index in [1.807, 2.05) is 37.3 Å². The molecule has 8 nitrogen and oxygen atoms in total. The fraction of sp³-hybridized carbons (Fsp3) is 0.433. The van der Waals surface area contributed by atoms with Crippen LogP contribution in [-0.4, -0.2) is 69.3 Å². The number of fused-ring (bicyclic) bond motifs is 1. The van der Waals surface area contributed by atoms with Crippen molar-refractivity contribution in [3.05, 3.63) is 77.8 Å². The van der Waals surface area contributed by atoms with Crippen molar-refractivity contribution in [3.63, 3.8) is 0 Å². The van der Waals surface area contributed by atoms with Crippen LogP contribution in [-0.2, 0) is 25.5 Å². The molecule has 9 heteroatoms. The third-order valence-corrected chi connectivity index (χ3v) is 9.14. The summed E-state index contributed by atoms with van der Waals surface area (Å²) >= 11 is 6.10. The lowest BCUT2D eigenvalue weighted by Gasteiger charge is -2.39. The molecular formula is C30H33ClN2O6. The summed E-state index contributed by atoms with van der Waals surface area (Å²) < 4.78 is 6.60. The number of aliphatic hydroxyl groups is 1. The highest BCUT2D eigenvalue weighted by Crippen LogP contribution is 2.65. The van der Waals surface area contributed by atoms with Gasteiger partial charge in [-0.1, -0.05) is 54.9 Å². The van der Waals surface area contributed by atoms with Crippen LogP contribution in [0.1, 0.15) is 25.8 Å². The van der Waals surface area contributed by atoms with E-state index < -0.39 is 59.5 Å². The molecule has 39 heavy (non-hydrogen) atoms. The highest BCUT2D eigenvalue weighted by atomic mass is 35.5.